The second-order valence-electron chi connectivity index (χ2n) is 6.69. The highest BCUT2D eigenvalue weighted by Crippen LogP contribution is 2.39. The van der Waals surface area contributed by atoms with Crippen molar-refractivity contribution in [2.24, 2.45) is 0 Å². The maximum absolute atomic E-state index is 13.0. The van der Waals surface area contributed by atoms with E-state index in [2.05, 4.69) is 0 Å². The van der Waals surface area contributed by atoms with Crippen molar-refractivity contribution in [3.8, 4) is 0 Å². The predicted octanol–water partition coefficient (Wildman–Crippen LogP) is 4.15. The zero-order valence-corrected chi connectivity index (χ0v) is 13.1. The fraction of sp³-hybridized carbons (Fsp3) is 0.625. The molecule has 134 valence electrons. The average molecular weight is 353 g/mol. The lowest BCUT2D eigenvalue weighted by Gasteiger charge is -2.43. The van der Waals surface area contributed by atoms with Gasteiger partial charge in [-0.15, -0.1) is 0 Å². The molecule has 2 aliphatic rings. The summed E-state index contributed by atoms with van der Waals surface area (Å²) < 4.78 is 78.7. The first-order valence-electron chi connectivity index (χ1n) is 7.99. The molecule has 0 atom stereocenters. The first-order chi connectivity index (χ1) is 11.1. The predicted molar refractivity (Wildman–Crippen MR) is 77.6 cm³/mol. The monoisotopic (exact) mass is 353 g/mol. The van der Waals surface area contributed by atoms with E-state index >= 15 is 0 Å². The molecule has 1 aromatic carbocycles. The van der Waals surface area contributed by atoms with Crippen LogP contribution in [0.1, 0.15) is 24.0 Å². The first kappa shape index (κ1) is 17.4. The van der Waals surface area contributed by atoms with E-state index in [0.29, 0.717) is 13.1 Å². The zero-order valence-electron chi connectivity index (χ0n) is 13.1. The number of rotatable bonds is 1. The van der Waals surface area contributed by atoms with Gasteiger partial charge in [-0.3, -0.25) is 0 Å². The highest BCUT2D eigenvalue weighted by atomic mass is 19.4. The molecule has 3 rings (SSSR count). The molecule has 2 heterocycles. The van der Waals surface area contributed by atoms with Crippen molar-refractivity contribution in [3.05, 3.63) is 29.3 Å². The Labute approximate surface area is 136 Å². The van der Waals surface area contributed by atoms with Crippen LogP contribution in [0.25, 0.3) is 0 Å². The average Bonchev–Trinajstić information content (AvgIpc) is 2.94. The first-order valence-corrected chi connectivity index (χ1v) is 7.99. The molecule has 0 unspecified atom stereocenters. The van der Waals surface area contributed by atoms with Crippen molar-refractivity contribution in [3.63, 3.8) is 0 Å². The van der Waals surface area contributed by atoms with Crippen LogP contribution in [0.2, 0.25) is 0 Å². The molecule has 2 nitrogen and oxygen atoms in total. The summed E-state index contributed by atoms with van der Waals surface area (Å²) in [5, 5.41) is 0. The molecular weight excluding hydrogens is 334 g/mol. The van der Waals surface area contributed by atoms with Crippen molar-refractivity contribution < 1.29 is 30.8 Å². The number of quaternary nitrogens is 1. The summed E-state index contributed by atoms with van der Waals surface area (Å²) in [5.41, 5.74) is -2.49. The third-order valence-electron chi connectivity index (χ3n) is 5.14. The van der Waals surface area contributed by atoms with Crippen LogP contribution in [0.4, 0.5) is 32.0 Å². The summed E-state index contributed by atoms with van der Waals surface area (Å²) >= 11 is 0. The van der Waals surface area contributed by atoms with Crippen molar-refractivity contribution in [1.29, 1.82) is 0 Å². The van der Waals surface area contributed by atoms with Gasteiger partial charge in [-0.1, -0.05) is 0 Å². The van der Waals surface area contributed by atoms with Crippen LogP contribution in [-0.2, 0) is 12.4 Å². The fourth-order valence-corrected chi connectivity index (χ4v) is 3.72. The third kappa shape index (κ3) is 3.48. The Morgan fingerprint density at radius 3 is 1.58 bits per heavy atom. The van der Waals surface area contributed by atoms with Crippen LogP contribution in [0.15, 0.2) is 18.2 Å². The molecule has 2 saturated heterocycles. The van der Waals surface area contributed by atoms with Crippen LogP contribution in [-0.4, -0.2) is 43.8 Å². The summed E-state index contributed by atoms with van der Waals surface area (Å²) in [6.45, 7) is 4.64. The molecule has 0 aliphatic carbocycles. The minimum Gasteiger partial charge on any atom is -0.360 e. The van der Waals surface area contributed by atoms with E-state index in [-0.39, 0.29) is 11.8 Å². The Hall–Kier alpha value is -1.44. The largest absolute Gasteiger partial charge is 0.416 e. The van der Waals surface area contributed by atoms with E-state index in [1.807, 2.05) is 0 Å². The fourth-order valence-electron chi connectivity index (χ4n) is 3.72. The van der Waals surface area contributed by atoms with Gasteiger partial charge in [-0.05, 0) is 18.2 Å². The van der Waals surface area contributed by atoms with Gasteiger partial charge in [0.1, 0.15) is 0 Å². The zero-order chi connectivity index (χ0) is 17.6. The van der Waals surface area contributed by atoms with E-state index in [9.17, 15) is 26.3 Å². The van der Waals surface area contributed by atoms with E-state index in [1.165, 1.54) is 0 Å². The lowest BCUT2D eigenvalue weighted by Crippen LogP contribution is -2.58. The number of nitrogens with zero attached hydrogens (tertiary/aromatic N) is 2. The molecular formula is C16H19F6N2+. The minimum atomic E-state index is -4.80. The lowest BCUT2D eigenvalue weighted by atomic mass is 10.1. The summed E-state index contributed by atoms with van der Waals surface area (Å²) in [4.78, 5) is 1.65. The van der Waals surface area contributed by atoms with E-state index in [4.69, 9.17) is 0 Å². The lowest BCUT2D eigenvalue weighted by molar-refractivity contribution is -0.917. The van der Waals surface area contributed by atoms with Crippen LogP contribution in [0.3, 0.4) is 0 Å². The number of benzene rings is 1. The molecule has 0 aromatic heterocycles. The second kappa shape index (κ2) is 5.82. The standard InChI is InChI=1S/C16H19F6N2/c17-15(18,19)12-9-13(16(20,21)22)11-14(10-12)23-3-7-24(8-4-23)5-1-2-6-24/h9-11H,1-8H2/q+1. The molecule has 24 heavy (non-hydrogen) atoms. The number of anilines is 1. The van der Waals surface area contributed by atoms with Gasteiger partial charge in [0.15, 0.2) is 0 Å². The Morgan fingerprint density at radius 1 is 0.708 bits per heavy atom. The van der Waals surface area contributed by atoms with E-state index in [1.54, 1.807) is 4.90 Å². The highest BCUT2D eigenvalue weighted by molar-refractivity contribution is 5.53. The van der Waals surface area contributed by atoms with Crippen molar-refractivity contribution >= 4 is 5.69 Å². The van der Waals surface area contributed by atoms with Crippen molar-refractivity contribution in [2.45, 2.75) is 25.2 Å². The van der Waals surface area contributed by atoms with Crippen LogP contribution in [0, 0.1) is 0 Å². The highest BCUT2D eigenvalue weighted by Gasteiger charge is 2.39. The van der Waals surface area contributed by atoms with Crippen LogP contribution < -0.4 is 4.90 Å². The molecule has 0 saturated carbocycles. The molecule has 0 N–H and O–H groups in total. The number of alkyl halides is 6. The second-order valence-corrected chi connectivity index (χ2v) is 6.69. The molecule has 2 aliphatic heterocycles. The molecule has 1 aromatic rings. The Morgan fingerprint density at radius 2 is 1.17 bits per heavy atom. The molecule has 8 heteroatoms. The molecule has 1 spiro atoms. The number of halogens is 6. The van der Waals surface area contributed by atoms with E-state index < -0.39 is 23.5 Å². The number of piperazine rings is 1. The SMILES string of the molecule is FC(F)(F)c1cc(N2CC[N+]3(CCCC3)CC2)cc(C(F)(F)F)c1. The molecule has 0 bridgehead atoms. The maximum Gasteiger partial charge on any atom is 0.416 e. The van der Waals surface area contributed by atoms with Gasteiger partial charge in [0, 0.05) is 18.5 Å². The van der Waals surface area contributed by atoms with Crippen LogP contribution in [0.5, 0.6) is 0 Å². The maximum atomic E-state index is 13.0. The summed E-state index contributed by atoms with van der Waals surface area (Å²) in [6.07, 6.45) is -7.31. The Kier molecular flexibility index (Phi) is 4.22. The van der Waals surface area contributed by atoms with E-state index in [0.717, 1.165) is 55.6 Å². The normalized spacial score (nSPS) is 21.5. The van der Waals surface area contributed by atoms with Gasteiger partial charge in [-0.25, -0.2) is 0 Å². The summed E-state index contributed by atoms with van der Waals surface area (Å²) in [5.74, 6) is 0. The summed E-state index contributed by atoms with van der Waals surface area (Å²) in [6, 6.07) is 1.84. The van der Waals surface area contributed by atoms with Crippen molar-refractivity contribution in [1.82, 2.24) is 0 Å². The van der Waals surface area contributed by atoms with Gasteiger partial charge in [0.25, 0.3) is 0 Å². The minimum absolute atomic E-state index is 0.00852. The van der Waals surface area contributed by atoms with Crippen molar-refractivity contribution in [2.75, 3.05) is 44.2 Å². The molecule has 0 radical (unpaired) electrons. The van der Waals surface area contributed by atoms with Crippen LogP contribution >= 0.6 is 0 Å². The number of hydrogen-bond acceptors (Lipinski definition) is 1. The quantitative estimate of drug-likeness (QED) is 0.541. The van der Waals surface area contributed by atoms with Gasteiger partial charge in [-0.2, -0.15) is 26.3 Å². The van der Waals surface area contributed by atoms with Gasteiger partial charge in [0.2, 0.25) is 0 Å². The smallest absolute Gasteiger partial charge is 0.360 e. The topological polar surface area (TPSA) is 3.24 Å². The third-order valence-corrected chi connectivity index (χ3v) is 5.14. The Bertz CT molecular complexity index is 559. The molecule has 0 amide bonds. The van der Waals surface area contributed by atoms with Gasteiger partial charge >= 0.3 is 12.4 Å². The summed E-state index contributed by atoms with van der Waals surface area (Å²) in [7, 11) is 0. The molecule has 2 fully saturated rings. The van der Waals surface area contributed by atoms with Gasteiger partial charge in [0.05, 0.1) is 50.4 Å². The van der Waals surface area contributed by atoms with Gasteiger partial charge < -0.3 is 9.38 Å². The number of hydrogen-bond donors (Lipinski definition) is 0. The Balaban J connectivity index is 1.87.